The highest BCUT2D eigenvalue weighted by molar-refractivity contribution is 6.05. The normalized spacial score (nSPS) is 13.3. The summed E-state index contributed by atoms with van der Waals surface area (Å²) in [7, 11) is 1.42. The largest absolute Gasteiger partial charge is 0.543 e. The summed E-state index contributed by atoms with van der Waals surface area (Å²) in [5, 5.41) is 0. The first-order valence-corrected chi connectivity index (χ1v) is 3.17. The van der Waals surface area contributed by atoms with Crippen LogP contribution in [0, 0.1) is 11.8 Å². The lowest BCUT2D eigenvalue weighted by molar-refractivity contribution is -0.139. The van der Waals surface area contributed by atoms with Gasteiger partial charge >= 0.3 is 8.05 Å². The van der Waals surface area contributed by atoms with Gasteiger partial charge in [-0.15, -0.1) is 0 Å². The maximum Gasteiger partial charge on any atom is 0.325 e. The fourth-order valence-electron chi connectivity index (χ4n) is 0.458. The predicted molar refractivity (Wildman–Crippen MR) is 38.6 cm³/mol. The van der Waals surface area contributed by atoms with E-state index in [9.17, 15) is 4.79 Å². The Morgan fingerprint density at radius 1 is 1.44 bits per heavy atom. The third-order valence-corrected chi connectivity index (χ3v) is 1.57. The van der Waals surface area contributed by atoms with Crippen molar-refractivity contribution in [3.63, 3.8) is 0 Å². The molecule has 3 heteroatoms. The van der Waals surface area contributed by atoms with E-state index in [1.807, 2.05) is 20.8 Å². The molecule has 0 N–H and O–H groups in total. The number of carbonyl (C=O) groups excluding carboxylic acids is 1. The first-order valence-electron chi connectivity index (χ1n) is 3.17. The van der Waals surface area contributed by atoms with Gasteiger partial charge in [-0.25, -0.2) is 0 Å². The van der Waals surface area contributed by atoms with Crippen LogP contribution in [0.1, 0.15) is 20.8 Å². The zero-order chi connectivity index (χ0) is 7.44. The molecule has 0 aromatic heterocycles. The average Bonchev–Trinajstić information content (AvgIpc) is 1.84. The van der Waals surface area contributed by atoms with E-state index in [1.165, 1.54) is 8.05 Å². The van der Waals surface area contributed by atoms with Gasteiger partial charge in [0, 0.05) is 0 Å². The van der Waals surface area contributed by atoms with E-state index in [-0.39, 0.29) is 11.9 Å². The van der Waals surface area contributed by atoms with E-state index in [1.54, 1.807) is 0 Å². The average molecular weight is 128 g/mol. The zero-order valence-electron chi connectivity index (χ0n) is 6.47. The van der Waals surface area contributed by atoms with Gasteiger partial charge in [-0.05, 0) is 5.92 Å². The van der Waals surface area contributed by atoms with Gasteiger partial charge in [-0.2, -0.15) is 0 Å². The molecule has 0 spiro atoms. The van der Waals surface area contributed by atoms with Crippen molar-refractivity contribution in [1.82, 2.24) is 0 Å². The number of carbonyl (C=O) groups is 1. The molecule has 0 aromatic carbocycles. The smallest absolute Gasteiger partial charge is 0.325 e. The van der Waals surface area contributed by atoms with Gasteiger partial charge in [0.25, 0.3) is 5.97 Å². The fourth-order valence-corrected chi connectivity index (χ4v) is 0.458. The molecule has 0 aliphatic heterocycles. The molecular weight excluding hydrogens is 115 g/mol. The molecule has 52 valence electrons. The van der Waals surface area contributed by atoms with Crippen LogP contribution in [0.3, 0.4) is 0 Å². The molecule has 1 atom stereocenters. The molecule has 2 nitrogen and oxygen atoms in total. The van der Waals surface area contributed by atoms with Gasteiger partial charge in [0.2, 0.25) is 0 Å². The molecule has 0 saturated heterocycles. The summed E-state index contributed by atoms with van der Waals surface area (Å²) < 4.78 is 4.53. The molecule has 0 amide bonds. The first-order chi connectivity index (χ1) is 4.09. The Hall–Kier alpha value is -0.465. The minimum atomic E-state index is -0.120. The molecule has 0 bridgehead atoms. The molecule has 0 fully saturated rings. The molecule has 0 radical (unpaired) electrons. The van der Waals surface area contributed by atoms with Crippen LogP contribution in [0.5, 0.6) is 0 Å². The summed E-state index contributed by atoms with van der Waals surface area (Å²) in [6.45, 7) is 5.87. The summed E-state index contributed by atoms with van der Waals surface area (Å²) in [5.41, 5.74) is 0. The number of rotatable bonds is 2. The van der Waals surface area contributed by atoms with E-state index in [2.05, 4.69) is 4.65 Å². The third-order valence-electron chi connectivity index (χ3n) is 1.57. The lowest BCUT2D eigenvalue weighted by Gasteiger charge is -2.11. The van der Waals surface area contributed by atoms with Crippen LogP contribution in [0.15, 0.2) is 0 Å². The maximum atomic E-state index is 10.7. The van der Waals surface area contributed by atoms with Crippen molar-refractivity contribution in [2.45, 2.75) is 20.8 Å². The molecule has 0 rings (SSSR count). The van der Waals surface area contributed by atoms with E-state index < -0.39 is 0 Å². The van der Waals surface area contributed by atoms with Gasteiger partial charge < -0.3 is 4.65 Å². The SMILES string of the molecule is BOC(=O)C(C)C(C)C. The van der Waals surface area contributed by atoms with Crippen LogP contribution in [-0.4, -0.2) is 14.0 Å². The van der Waals surface area contributed by atoms with Crippen LogP contribution >= 0.6 is 0 Å². The topological polar surface area (TPSA) is 26.3 Å². The van der Waals surface area contributed by atoms with Gasteiger partial charge in [-0.1, -0.05) is 20.8 Å². The van der Waals surface area contributed by atoms with Crippen molar-refractivity contribution in [3.05, 3.63) is 0 Å². The van der Waals surface area contributed by atoms with E-state index in [0.717, 1.165) is 0 Å². The molecule has 0 saturated carbocycles. The van der Waals surface area contributed by atoms with Crippen molar-refractivity contribution < 1.29 is 9.45 Å². The third kappa shape index (κ3) is 2.54. The Morgan fingerprint density at radius 2 is 1.89 bits per heavy atom. The standard InChI is InChI=1S/C6H13BO2/c1-4(2)5(3)6(8)9-7/h4-5H,7H2,1-3H3. The Kier molecular flexibility index (Phi) is 3.36. The fraction of sp³-hybridized carbons (Fsp3) is 0.833. The summed E-state index contributed by atoms with van der Waals surface area (Å²) in [6.07, 6.45) is 0. The molecular formula is C6H13BO2. The van der Waals surface area contributed by atoms with Crippen molar-refractivity contribution in [2.24, 2.45) is 11.8 Å². The van der Waals surface area contributed by atoms with Crippen molar-refractivity contribution in [3.8, 4) is 0 Å². The van der Waals surface area contributed by atoms with E-state index in [0.29, 0.717) is 5.92 Å². The molecule has 1 unspecified atom stereocenters. The van der Waals surface area contributed by atoms with Crippen molar-refractivity contribution >= 4 is 14.0 Å². The van der Waals surface area contributed by atoms with Gasteiger partial charge in [0.1, 0.15) is 0 Å². The highest BCUT2D eigenvalue weighted by Crippen LogP contribution is 2.09. The van der Waals surface area contributed by atoms with Crippen LogP contribution < -0.4 is 0 Å². The molecule has 0 aliphatic carbocycles. The van der Waals surface area contributed by atoms with Crippen LogP contribution in [-0.2, 0) is 9.45 Å². The highest BCUT2D eigenvalue weighted by Gasteiger charge is 2.15. The second-order valence-corrected chi connectivity index (χ2v) is 2.56. The van der Waals surface area contributed by atoms with Gasteiger partial charge in [0.05, 0.1) is 5.92 Å². The number of hydrogen-bond donors (Lipinski definition) is 0. The minimum Gasteiger partial charge on any atom is -0.543 e. The molecule has 0 heterocycles. The van der Waals surface area contributed by atoms with Crippen molar-refractivity contribution in [1.29, 1.82) is 0 Å². The molecule has 0 aromatic rings. The minimum absolute atomic E-state index is 0.0231. The molecule has 0 aliphatic rings. The van der Waals surface area contributed by atoms with Gasteiger partial charge in [0.15, 0.2) is 0 Å². The summed E-state index contributed by atoms with van der Waals surface area (Å²) >= 11 is 0. The monoisotopic (exact) mass is 128 g/mol. The summed E-state index contributed by atoms with van der Waals surface area (Å²) in [5.74, 6) is 0.275. The second kappa shape index (κ2) is 3.54. The van der Waals surface area contributed by atoms with E-state index in [4.69, 9.17) is 0 Å². The van der Waals surface area contributed by atoms with Crippen LogP contribution in [0.2, 0.25) is 0 Å². The van der Waals surface area contributed by atoms with Crippen LogP contribution in [0.25, 0.3) is 0 Å². The Labute approximate surface area is 57.0 Å². The summed E-state index contributed by atoms with van der Waals surface area (Å²) in [6, 6.07) is 0. The first kappa shape index (κ1) is 8.53. The molecule has 9 heavy (non-hydrogen) atoms. The maximum absolute atomic E-state index is 10.7. The Bertz CT molecular complexity index is 101. The predicted octanol–water partition coefficient (Wildman–Crippen LogP) is 0.370. The lowest BCUT2D eigenvalue weighted by Crippen LogP contribution is -2.18. The Morgan fingerprint density at radius 3 is 2.00 bits per heavy atom. The quantitative estimate of drug-likeness (QED) is 0.502. The lowest BCUT2D eigenvalue weighted by atomic mass is 9.98. The van der Waals surface area contributed by atoms with Crippen LogP contribution in [0.4, 0.5) is 0 Å². The van der Waals surface area contributed by atoms with E-state index >= 15 is 0 Å². The summed E-state index contributed by atoms with van der Waals surface area (Å²) in [4.78, 5) is 10.7. The van der Waals surface area contributed by atoms with Crippen molar-refractivity contribution in [2.75, 3.05) is 0 Å². The Balaban J connectivity index is 3.72. The zero-order valence-corrected chi connectivity index (χ0v) is 6.47. The second-order valence-electron chi connectivity index (χ2n) is 2.56. The van der Waals surface area contributed by atoms with Gasteiger partial charge in [-0.3, -0.25) is 4.79 Å². The highest BCUT2D eigenvalue weighted by atomic mass is 16.5. The number of hydrogen-bond acceptors (Lipinski definition) is 2.